The molecule has 1 aliphatic rings. The average molecular weight is 252 g/mol. The predicted octanol–water partition coefficient (Wildman–Crippen LogP) is -0.830. The van der Waals surface area contributed by atoms with Gasteiger partial charge >= 0.3 is 0 Å². The molecule has 1 rings (SSSR count). The van der Waals surface area contributed by atoms with E-state index >= 15 is 0 Å². The summed E-state index contributed by atoms with van der Waals surface area (Å²) in [6, 6.07) is -0.437. The molecule has 0 radical (unpaired) electrons. The molecule has 0 aromatic rings. The maximum atomic E-state index is 11.9. The minimum atomic E-state index is -3.50. The number of hydrogen-bond donors (Lipinski definition) is 2. The second kappa shape index (κ2) is 5.92. The van der Waals surface area contributed by atoms with Crippen LogP contribution in [-0.4, -0.2) is 56.8 Å². The quantitative estimate of drug-likeness (QED) is 0.669. The fraction of sp³-hybridized carbons (Fsp3) is 1.00. The molecule has 2 N–H and O–H groups in total. The number of morpholine rings is 1. The van der Waals surface area contributed by atoms with Crippen molar-refractivity contribution in [2.45, 2.75) is 19.9 Å². The molecule has 1 heterocycles. The van der Waals surface area contributed by atoms with Crippen LogP contribution in [0.2, 0.25) is 0 Å². The third-order valence-electron chi connectivity index (χ3n) is 2.61. The highest BCUT2D eigenvalue weighted by Crippen LogP contribution is 2.07. The Kier molecular flexibility index (Phi) is 5.13. The van der Waals surface area contributed by atoms with E-state index in [4.69, 9.17) is 9.84 Å². The highest BCUT2D eigenvalue weighted by molar-refractivity contribution is 7.87. The number of nitrogens with zero attached hydrogens (tertiary/aromatic N) is 1. The van der Waals surface area contributed by atoms with Gasteiger partial charge in [0.1, 0.15) is 0 Å². The number of hydrogen-bond acceptors (Lipinski definition) is 4. The van der Waals surface area contributed by atoms with E-state index in [1.807, 2.05) is 13.8 Å². The molecule has 0 bridgehead atoms. The molecule has 1 saturated heterocycles. The molecule has 7 heteroatoms. The molecule has 16 heavy (non-hydrogen) atoms. The van der Waals surface area contributed by atoms with Gasteiger partial charge in [-0.3, -0.25) is 0 Å². The highest BCUT2D eigenvalue weighted by Gasteiger charge is 2.27. The second-order valence-electron chi connectivity index (χ2n) is 4.17. The van der Waals surface area contributed by atoms with Crippen LogP contribution in [0.5, 0.6) is 0 Å². The van der Waals surface area contributed by atoms with Crippen molar-refractivity contribution in [2.24, 2.45) is 5.92 Å². The highest BCUT2D eigenvalue weighted by atomic mass is 32.2. The zero-order chi connectivity index (χ0) is 12.2. The zero-order valence-corrected chi connectivity index (χ0v) is 10.5. The maximum Gasteiger partial charge on any atom is 0.279 e. The lowest BCUT2D eigenvalue weighted by molar-refractivity contribution is 0.0719. The van der Waals surface area contributed by atoms with Crippen LogP contribution >= 0.6 is 0 Å². The maximum absolute atomic E-state index is 11.9. The molecule has 6 nitrogen and oxygen atoms in total. The zero-order valence-electron chi connectivity index (χ0n) is 9.72. The number of rotatable bonds is 5. The summed E-state index contributed by atoms with van der Waals surface area (Å²) in [7, 11) is -3.50. The lowest BCUT2D eigenvalue weighted by Crippen LogP contribution is -2.51. The van der Waals surface area contributed by atoms with Crippen molar-refractivity contribution in [2.75, 3.05) is 32.9 Å². The van der Waals surface area contributed by atoms with Crippen LogP contribution in [-0.2, 0) is 14.9 Å². The van der Waals surface area contributed by atoms with Gasteiger partial charge < -0.3 is 9.84 Å². The Hall–Kier alpha value is -0.210. The smallest absolute Gasteiger partial charge is 0.279 e. The SMILES string of the molecule is CC(C)[C@@H](CO)NS(=O)(=O)N1CCOCC1. The minimum absolute atomic E-state index is 0.0563. The Morgan fingerprint density at radius 2 is 1.94 bits per heavy atom. The van der Waals surface area contributed by atoms with Crippen molar-refractivity contribution in [3.8, 4) is 0 Å². The van der Waals surface area contributed by atoms with Crippen LogP contribution in [0.1, 0.15) is 13.8 Å². The molecular weight excluding hydrogens is 232 g/mol. The third-order valence-corrected chi connectivity index (χ3v) is 4.26. The molecular formula is C9H20N2O4S. The summed E-state index contributed by atoms with van der Waals surface area (Å²) in [5.74, 6) is 0.0563. The van der Waals surface area contributed by atoms with Crippen LogP contribution in [0.3, 0.4) is 0 Å². The Balaban J connectivity index is 2.62. The van der Waals surface area contributed by atoms with Crippen LogP contribution in [0, 0.1) is 5.92 Å². The van der Waals surface area contributed by atoms with Gasteiger partial charge in [-0.15, -0.1) is 0 Å². The standard InChI is InChI=1S/C9H20N2O4S/c1-8(2)9(7-12)10-16(13,14)11-3-5-15-6-4-11/h8-10,12H,3-7H2,1-2H3/t9-/m1/s1. The fourth-order valence-electron chi connectivity index (χ4n) is 1.44. The normalized spacial score (nSPS) is 21.2. The van der Waals surface area contributed by atoms with Gasteiger partial charge in [0.25, 0.3) is 10.2 Å². The van der Waals surface area contributed by atoms with Gasteiger partial charge in [-0.2, -0.15) is 17.4 Å². The molecule has 1 aliphatic heterocycles. The van der Waals surface area contributed by atoms with E-state index < -0.39 is 16.3 Å². The van der Waals surface area contributed by atoms with Gasteiger partial charge in [0, 0.05) is 19.1 Å². The molecule has 0 amide bonds. The third kappa shape index (κ3) is 3.67. The first-order valence-electron chi connectivity index (χ1n) is 5.43. The van der Waals surface area contributed by atoms with Gasteiger partial charge in [-0.05, 0) is 5.92 Å². The fourth-order valence-corrected chi connectivity index (χ4v) is 2.95. The summed E-state index contributed by atoms with van der Waals surface area (Å²) < 4.78 is 32.8. The average Bonchev–Trinajstić information content (AvgIpc) is 2.27. The first-order valence-corrected chi connectivity index (χ1v) is 6.87. The number of ether oxygens (including phenoxy) is 1. The summed E-state index contributed by atoms with van der Waals surface area (Å²) in [6.45, 7) is 5.11. The van der Waals surface area contributed by atoms with Gasteiger partial charge in [0.15, 0.2) is 0 Å². The molecule has 0 aromatic heterocycles. The number of aliphatic hydroxyl groups excluding tert-OH is 1. The lowest BCUT2D eigenvalue weighted by atomic mass is 10.1. The van der Waals surface area contributed by atoms with E-state index in [-0.39, 0.29) is 12.5 Å². The Morgan fingerprint density at radius 1 is 1.38 bits per heavy atom. The Labute approximate surface area is 96.8 Å². The lowest BCUT2D eigenvalue weighted by Gasteiger charge is -2.29. The van der Waals surface area contributed by atoms with Crippen molar-refractivity contribution in [1.82, 2.24) is 9.03 Å². The van der Waals surface area contributed by atoms with Crippen LogP contribution in [0.15, 0.2) is 0 Å². The van der Waals surface area contributed by atoms with E-state index in [0.717, 1.165) is 0 Å². The van der Waals surface area contributed by atoms with E-state index in [1.165, 1.54) is 4.31 Å². The molecule has 0 saturated carbocycles. The first kappa shape index (κ1) is 13.9. The summed E-state index contributed by atoms with van der Waals surface area (Å²) in [5.41, 5.74) is 0. The van der Waals surface area contributed by atoms with E-state index in [1.54, 1.807) is 0 Å². The van der Waals surface area contributed by atoms with Crippen molar-refractivity contribution in [1.29, 1.82) is 0 Å². The largest absolute Gasteiger partial charge is 0.395 e. The Bertz CT molecular complexity index is 299. The van der Waals surface area contributed by atoms with Crippen LogP contribution in [0.25, 0.3) is 0 Å². The molecule has 0 aromatic carbocycles. The van der Waals surface area contributed by atoms with Crippen LogP contribution in [0.4, 0.5) is 0 Å². The van der Waals surface area contributed by atoms with E-state index in [0.29, 0.717) is 26.3 Å². The van der Waals surface area contributed by atoms with E-state index in [2.05, 4.69) is 4.72 Å². The summed E-state index contributed by atoms with van der Waals surface area (Å²) in [5, 5.41) is 9.09. The summed E-state index contributed by atoms with van der Waals surface area (Å²) in [4.78, 5) is 0. The van der Waals surface area contributed by atoms with Crippen molar-refractivity contribution < 1.29 is 18.3 Å². The molecule has 1 atom stereocenters. The van der Waals surface area contributed by atoms with Gasteiger partial charge in [-0.1, -0.05) is 13.8 Å². The molecule has 0 aliphatic carbocycles. The van der Waals surface area contributed by atoms with Crippen molar-refractivity contribution in [3.63, 3.8) is 0 Å². The van der Waals surface area contributed by atoms with Crippen molar-refractivity contribution in [3.05, 3.63) is 0 Å². The van der Waals surface area contributed by atoms with E-state index in [9.17, 15) is 8.42 Å². The minimum Gasteiger partial charge on any atom is -0.395 e. The van der Waals surface area contributed by atoms with Gasteiger partial charge in [-0.25, -0.2) is 0 Å². The Morgan fingerprint density at radius 3 is 2.38 bits per heavy atom. The summed E-state index contributed by atoms with van der Waals surface area (Å²) >= 11 is 0. The molecule has 0 spiro atoms. The number of aliphatic hydroxyl groups is 1. The number of nitrogens with one attached hydrogen (secondary N) is 1. The molecule has 0 unspecified atom stereocenters. The van der Waals surface area contributed by atoms with Gasteiger partial charge in [0.05, 0.1) is 19.8 Å². The second-order valence-corrected chi connectivity index (χ2v) is 5.87. The first-order chi connectivity index (χ1) is 7.47. The van der Waals surface area contributed by atoms with Gasteiger partial charge in [0.2, 0.25) is 0 Å². The van der Waals surface area contributed by atoms with Crippen molar-refractivity contribution >= 4 is 10.2 Å². The monoisotopic (exact) mass is 252 g/mol. The van der Waals surface area contributed by atoms with Crippen LogP contribution < -0.4 is 4.72 Å². The molecule has 1 fully saturated rings. The topological polar surface area (TPSA) is 78.9 Å². The molecule has 96 valence electrons. The predicted molar refractivity (Wildman–Crippen MR) is 60.2 cm³/mol. The summed E-state index contributed by atoms with van der Waals surface area (Å²) in [6.07, 6.45) is 0.